The molecular weight excluding hydrogens is 236 g/mol. The number of benzene rings is 2. The summed E-state index contributed by atoms with van der Waals surface area (Å²) in [6.45, 7) is 0.549. The third kappa shape index (κ3) is 2.09. The van der Waals surface area contributed by atoms with E-state index in [1.54, 1.807) is 6.26 Å². The summed E-state index contributed by atoms with van der Waals surface area (Å²) < 4.78 is 5.58. The van der Waals surface area contributed by atoms with E-state index in [0.29, 0.717) is 6.54 Å². The minimum absolute atomic E-state index is 0.549. The topological polar surface area (TPSA) is 42.4 Å². The van der Waals surface area contributed by atoms with Crippen LogP contribution in [-0.4, -0.2) is 7.05 Å². The summed E-state index contributed by atoms with van der Waals surface area (Å²) in [4.78, 5) is 2.12. The molecule has 3 aromatic rings. The van der Waals surface area contributed by atoms with E-state index >= 15 is 0 Å². The molecule has 0 aliphatic heterocycles. The maximum Gasteiger partial charge on any atom is 0.136 e. The summed E-state index contributed by atoms with van der Waals surface area (Å²) in [6.07, 6.45) is 1.79. The van der Waals surface area contributed by atoms with Gasteiger partial charge in [-0.1, -0.05) is 24.3 Å². The SMILES string of the molecule is CN(c1cccc(CN)c1)c1coc2ccccc12. The molecule has 0 fully saturated rings. The third-order valence-corrected chi connectivity index (χ3v) is 3.36. The molecule has 0 radical (unpaired) electrons. The smallest absolute Gasteiger partial charge is 0.136 e. The van der Waals surface area contributed by atoms with Crippen LogP contribution >= 0.6 is 0 Å². The molecule has 0 saturated heterocycles. The Morgan fingerprint density at radius 2 is 1.95 bits per heavy atom. The van der Waals surface area contributed by atoms with Crippen LogP contribution < -0.4 is 10.6 Å². The molecule has 1 heterocycles. The molecule has 0 saturated carbocycles. The van der Waals surface area contributed by atoms with Crippen molar-refractivity contribution >= 4 is 22.3 Å². The summed E-state index contributed by atoms with van der Waals surface area (Å²) in [7, 11) is 2.03. The van der Waals surface area contributed by atoms with Crippen molar-refractivity contribution in [2.75, 3.05) is 11.9 Å². The Kier molecular flexibility index (Phi) is 2.97. The summed E-state index contributed by atoms with van der Waals surface area (Å²) in [6, 6.07) is 16.3. The molecule has 2 aromatic carbocycles. The molecule has 0 atom stereocenters. The first kappa shape index (κ1) is 11.8. The van der Waals surface area contributed by atoms with Gasteiger partial charge >= 0.3 is 0 Å². The normalized spacial score (nSPS) is 10.8. The maximum atomic E-state index is 5.69. The van der Waals surface area contributed by atoms with Gasteiger partial charge in [0, 0.05) is 24.7 Å². The van der Waals surface area contributed by atoms with Crippen molar-refractivity contribution in [1.29, 1.82) is 0 Å². The summed E-state index contributed by atoms with van der Waals surface area (Å²) in [5.74, 6) is 0. The zero-order valence-corrected chi connectivity index (χ0v) is 10.8. The number of anilines is 2. The highest BCUT2D eigenvalue weighted by Crippen LogP contribution is 2.32. The predicted molar refractivity (Wildman–Crippen MR) is 78.6 cm³/mol. The quantitative estimate of drug-likeness (QED) is 0.773. The van der Waals surface area contributed by atoms with E-state index in [1.165, 1.54) is 0 Å². The molecule has 3 heteroatoms. The van der Waals surface area contributed by atoms with E-state index in [4.69, 9.17) is 10.2 Å². The zero-order valence-electron chi connectivity index (χ0n) is 10.8. The van der Waals surface area contributed by atoms with Crippen LogP contribution in [0.25, 0.3) is 11.0 Å². The lowest BCUT2D eigenvalue weighted by atomic mass is 10.1. The Hall–Kier alpha value is -2.26. The van der Waals surface area contributed by atoms with Crippen molar-refractivity contribution in [1.82, 2.24) is 0 Å². The number of hydrogen-bond donors (Lipinski definition) is 1. The number of nitrogens with zero attached hydrogens (tertiary/aromatic N) is 1. The van der Waals surface area contributed by atoms with Crippen molar-refractivity contribution in [2.45, 2.75) is 6.54 Å². The molecule has 0 spiro atoms. The van der Waals surface area contributed by atoms with Gasteiger partial charge < -0.3 is 15.1 Å². The Morgan fingerprint density at radius 3 is 2.79 bits per heavy atom. The number of rotatable bonds is 3. The van der Waals surface area contributed by atoms with Gasteiger partial charge in [0.15, 0.2) is 0 Å². The monoisotopic (exact) mass is 252 g/mol. The second kappa shape index (κ2) is 4.78. The summed E-state index contributed by atoms with van der Waals surface area (Å²) in [5.41, 5.74) is 9.88. The van der Waals surface area contributed by atoms with Gasteiger partial charge in [0.05, 0.1) is 5.69 Å². The van der Waals surface area contributed by atoms with Gasteiger partial charge in [0.1, 0.15) is 11.8 Å². The van der Waals surface area contributed by atoms with Gasteiger partial charge in [-0.25, -0.2) is 0 Å². The number of furan rings is 1. The van der Waals surface area contributed by atoms with Crippen LogP contribution in [0.3, 0.4) is 0 Å². The second-order valence-corrected chi connectivity index (χ2v) is 4.55. The standard InChI is InChI=1S/C16H16N2O/c1-18(13-6-4-5-12(9-13)10-17)15-11-19-16-8-3-2-7-14(15)16/h2-9,11H,10,17H2,1H3. The molecule has 96 valence electrons. The fraction of sp³-hybridized carbons (Fsp3) is 0.125. The molecular formula is C16H16N2O. The van der Waals surface area contributed by atoms with Gasteiger partial charge in [-0.05, 0) is 29.8 Å². The van der Waals surface area contributed by atoms with E-state index in [1.807, 2.05) is 37.4 Å². The highest BCUT2D eigenvalue weighted by molar-refractivity contribution is 5.93. The van der Waals surface area contributed by atoms with Crippen LogP contribution in [-0.2, 0) is 6.54 Å². The highest BCUT2D eigenvalue weighted by Gasteiger charge is 2.11. The van der Waals surface area contributed by atoms with Crippen molar-refractivity contribution in [3.8, 4) is 0 Å². The molecule has 1 aromatic heterocycles. The largest absolute Gasteiger partial charge is 0.462 e. The molecule has 0 aliphatic carbocycles. The van der Waals surface area contributed by atoms with Crippen LogP contribution in [0.15, 0.2) is 59.2 Å². The maximum absolute atomic E-state index is 5.69. The number of para-hydroxylation sites is 1. The van der Waals surface area contributed by atoms with Crippen molar-refractivity contribution in [2.24, 2.45) is 5.73 Å². The number of fused-ring (bicyclic) bond motifs is 1. The van der Waals surface area contributed by atoms with E-state index in [2.05, 4.69) is 23.1 Å². The lowest BCUT2D eigenvalue weighted by Gasteiger charge is -2.18. The first-order valence-corrected chi connectivity index (χ1v) is 6.28. The van der Waals surface area contributed by atoms with Crippen LogP contribution in [0.5, 0.6) is 0 Å². The van der Waals surface area contributed by atoms with Crippen molar-refractivity contribution < 1.29 is 4.42 Å². The minimum atomic E-state index is 0.549. The van der Waals surface area contributed by atoms with Crippen LogP contribution in [0.4, 0.5) is 11.4 Å². The first-order valence-electron chi connectivity index (χ1n) is 6.28. The van der Waals surface area contributed by atoms with Crippen molar-refractivity contribution in [3.05, 3.63) is 60.4 Å². The van der Waals surface area contributed by atoms with E-state index in [0.717, 1.165) is 27.9 Å². The van der Waals surface area contributed by atoms with Gasteiger partial charge in [-0.3, -0.25) is 0 Å². The lowest BCUT2D eigenvalue weighted by molar-refractivity contribution is 0.616. The number of hydrogen-bond acceptors (Lipinski definition) is 3. The van der Waals surface area contributed by atoms with E-state index in [-0.39, 0.29) is 0 Å². The van der Waals surface area contributed by atoms with Gasteiger partial charge in [0.25, 0.3) is 0 Å². The van der Waals surface area contributed by atoms with Crippen molar-refractivity contribution in [3.63, 3.8) is 0 Å². The number of nitrogens with two attached hydrogens (primary N) is 1. The third-order valence-electron chi connectivity index (χ3n) is 3.36. The van der Waals surface area contributed by atoms with Gasteiger partial charge in [0.2, 0.25) is 0 Å². The summed E-state index contributed by atoms with van der Waals surface area (Å²) in [5, 5.41) is 1.11. The van der Waals surface area contributed by atoms with Gasteiger partial charge in [-0.15, -0.1) is 0 Å². The molecule has 2 N–H and O–H groups in total. The minimum Gasteiger partial charge on any atom is -0.462 e. The fourth-order valence-corrected chi connectivity index (χ4v) is 2.25. The van der Waals surface area contributed by atoms with E-state index in [9.17, 15) is 0 Å². The lowest BCUT2D eigenvalue weighted by Crippen LogP contribution is -2.09. The Bertz CT molecular complexity index is 703. The van der Waals surface area contributed by atoms with E-state index < -0.39 is 0 Å². The predicted octanol–water partition coefficient (Wildman–Crippen LogP) is 3.66. The van der Waals surface area contributed by atoms with Crippen LogP contribution in [0, 0.1) is 0 Å². The Labute approximate surface area is 112 Å². The molecule has 0 amide bonds. The highest BCUT2D eigenvalue weighted by atomic mass is 16.3. The first-order chi connectivity index (χ1) is 9.29. The molecule has 3 rings (SSSR count). The molecule has 19 heavy (non-hydrogen) atoms. The molecule has 0 unspecified atom stereocenters. The van der Waals surface area contributed by atoms with Gasteiger partial charge in [-0.2, -0.15) is 0 Å². The Balaban J connectivity index is 2.05. The Morgan fingerprint density at radius 1 is 1.11 bits per heavy atom. The summed E-state index contributed by atoms with van der Waals surface area (Å²) >= 11 is 0. The fourth-order valence-electron chi connectivity index (χ4n) is 2.25. The van der Waals surface area contributed by atoms with Crippen LogP contribution in [0.1, 0.15) is 5.56 Å². The average molecular weight is 252 g/mol. The molecule has 0 bridgehead atoms. The average Bonchev–Trinajstić information content (AvgIpc) is 2.90. The second-order valence-electron chi connectivity index (χ2n) is 4.55. The molecule has 0 aliphatic rings. The zero-order chi connectivity index (χ0) is 13.2. The molecule has 3 nitrogen and oxygen atoms in total. The van der Waals surface area contributed by atoms with Crippen LogP contribution in [0.2, 0.25) is 0 Å².